The number of fused-ring (bicyclic) bond motifs is 1. The molecule has 1 aromatic carbocycles. The Kier molecular flexibility index (Phi) is 2.96. The number of aromatic nitrogens is 5. The molecule has 4 rings (SSSR count). The maximum atomic E-state index is 4.68. The van der Waals surface area contributed by atoms with E-state index in [2.05, 4.69) is 44.0 Å². The number of benzene rings is 1. The van der Waals surface area contributed by atoms with Crippen LogP contribution in [0.25, 0.3) is 11.0 Å². The molecule has 1 aliphatic heterocycles. The summed E-state index contributed by atoms with van der Waals surface area (Å²) >= 11 is 0. The van der Waals surface area contributed by atoms with Crippen LogP contribution in [0.5, 0.6) is 0 Å². The van der Waals surface area contributed by atoms with Crippen LogP contribution in [0.4, 0.5) is 0 Å². The molecule has 1 aliphatic rings. The molecule has 0 spiro atoms. The second kappa shape index (κ2) is 4.96. The molecule has 6 nitrogen and oxygen atoms in total. The summed E-state index contributed by atoms with van der Waals surface area (Å²) in [5, 5.41) is 4.21. The number of likely N-dealkylation sites (tertiary alicyclic amines) is 1. The Morgan fingerprint density at radius 3 is 2.95 bits per heavy atom. The fourth-order valence-electron chi connectivity index (χ4n) is 2.91. The summed E-state index contributed by atoms with van der Waals surface area (Å²) in [6, 6.07) is 8.19. The summed E-state index contributed by atoms with van der Waals surface area (Å²) in [5.41, 5.74) is 2.17. The van der Waals surface area contributed by atoms with Crippen molar-refractivity contribution in [2.24, 2.45) is 0 Å². The van der Waals surface area contributed by atoms with Gasteiger partial charge in [0.05, 0.1) is 17.6 Å². The molecule has 3 heterocycles. The maximum Gasteiger partial charge on any atom is 0.140 e. The molecule has 1 fully saturated rings. The van der Waals surface area contributed by atoms with Crippen molar-refractivity contribution in [3.63, 3.8) is 0 Å². The highest BCUT2D eigenvalue weighted by molar-refractivity contribution is 5.74. The lowest BCUT2D eigenvalue weighted by Crippen LogP contribution is -2.45. The van der Waals surface area contributed by atoms with E-state index in [9.17, 15) is 0 Å². The Bertz CT molecular complexity index is 719. The first-order chi connectivity index (χ1) is 10.3. The molecule has 6 heteroatoms. The van der Waals surface area contributed by atoms with Crippen molar-refractivity contribution >= 4 is 11.0 Å². The molecule has 0 atom stereocenters. The predicted molar refractivity (Wildman–Crippen MR) is 79.8 cm³/mol. The van der Waals surface area contributed by atoms with Gasteiger partial charge < -0.3 is 4.98 Å². The number of para-hydroxylation sites is 2. The van der Waals surface area contributed by atoms with Crippen molar-refractivity contribution in [3.8, 4) is 0 Å². The Labute approximate surface area is 122 Å². The third-order valence-electron chi connectivity index (χ3n) is 4.11. The molecule has 1 saturated heterocycles. The normalized spacial score (nSPS) is 16.4. The SMILES string of the molecule is CCn1ncnc1CN1CC(c2nc3ccccc3[nH]2)C1. The van der Waals surface area contributed by atoms with Gasteiger partial charge >= 0.3 is 0 Å². The average molecular weight is 282 g/mol. The first-order valence-corrected chi connectivity index (χ1v) is 7.37. The molecule has 0 saturated carbocycles. The molecular weight excluding hydrogens is 264 g/mol. The molecule has 3 aromatic rings. The van der Waals surface area contributed by atoms with Crippen LogP contribution in [-0.2, 0) is 13.1 Å². The van der Waals surface area contributed by atoms with Gasteiger partial charge in [0.2, 0.25) is 0 Å². The van der Waals surface area contributed by atoms with Crippen LogP contribution < -0.4 is 0 Å². The number of rotatable bonds is 4. The molecule has 0 unspecified atom stereocenters. The first kappa shape index (κ1) is 12.5. The third kappa shape index (κ3) is 2.21. The van der Waals surface area contributed by atoms with Gasteiger partial charge in [-0.05, 0) is 19.1 Å². The first-order valence-electron chi connectivity index (χ1n) is 7.37. The van der Waals surface area contributed by atoms with E-state index in [0.717, 1.165) is 48.9 Å². The Hall–Kier alpha value is -2.21. The topological polar surface area (TPSA) is 62.6 Å². The van der Waals surface area contributed by atoms with Crippen molar-refractivity contribution in [2.45, 2.75) is 25.9 Å². The summed E-state index contributed by atoms with van der Waals surface area (Å²) in [4.78, 5) is 14.8. The third-order valence-corrected chi connectivity index (χ3v) is 4.11. The minimum Gasteiger partial charge on any atom is -0.342 e. The number of imidazole rings is 1. The number of nitrogens with one attached hydrogen (secondary N) is 1. The van der Waals surface area contributed by atoms with Gasteiger partial charge in [0, 0.05) is 25.6 Å². The molecule has 0 aliphatic carbocycles. The zero-order chi connectivity index (χ0) is 14.2. The summed E-state index contributed by atoms with van der Waals surface area (Å²) in [6.45, 7) is 5.87. The van der Waals surface area contributed by atoms with Crippen molar-refractivity contribution in [1.82, 2.24) is 29.6 Å². The lowest BCUT2D eigenvalue weighted by molar-refractivity contribution is 0.129. The summed E-state index contributed by atoms with van der Waals surface area (Å²) in [5.74, 6) is 2.64. The van der Waals surface area contributed by atoms with Gasteiger partial charge in [0.1, 0.15) is 18.0 Å². The second-order valence-electron chi connectivity index (χ2n) is 5.52. The fourth-order valence-corrected chi connectivity index (χ4v) is 2.91. The maximum absolute atomic E-state index is 4.68. The van der Waals surface area contributed by atoms with E-state index in [0.29, 0.717) is 5.92 Å². The van der Waals surface area contributed by atoms with E-state index in [1.807, 2.05) is 16.8 Å². The van der Waals surface area contributed by atoms with Gasteiger partial charge in [-0.25, -0.2) is 14.6 Å². The minimum absolute atomic E-state index is 0.496. The Morgan fingerprint density at radius 1 is 1.29 bits per heavy atom. The zero-order valence-corrected chi connectivity index (χ0v) is 12.0. The van der Waals surface area contributed by atoms with Crippen LogP contribution in [-0.4, -0.2) is 42.7 Å². The van der Waals surface area contributed by atoms with Crippen LogP contribution >= 0.6 is 0 Å². The fraction of sp³-hybridized carbons (Fsp3) is 0.400. The van der Waals surface area contributed by atoms with Gasteiger partial charge in [0.25, 0.3) is 0 Å². The van der Waals surface area contributed by atoms with Crippen molar-refractivity contribution in [2.75, 3.05) is 13.1 Å². The van der Waals surface area contributed by atoms with E-state index in [1.54, 1.807) is 6.33 Å². The number of nitrogens with zero attached hydrogens (tertiary/aromatic N) is 5. The molecule has 21 heavy (non-hydrogen) atoms. The molecule has 0 radical (unpaired) electrons. The van der Waals surface area contributed by atoms with Gasteiger partial charge in [-0.1, -0.05) is 12.1 Å². The van der Waals surface area contributed by atoms with E-state index in [4.69, 9.17) is 0 Å². The molecule has 2 aromatic heterocycles. The average Bonchev–Trinajstić information content (AvgIpc) is 3.07. The van der Waals surface area contributed by atoms with Crippen LogP contribution in [0.2, 0.25) is 0 Å². The van der Waals surface area contributed by atoms with Crippen LogP contribution in [0.15, 0.2) is 30.6 Å². The zero-order valence-electron chi connectivity index (χ0n) is 12.0. The smallest absolute Gasteiger partial charge is 0.140 e. The Morgan fingerprint density at radius 2 is 2.14 bits per heavy atom. The number of H-pyrrole nitrogens is 1. The Balaban J connectivity index is 1.42. The van der Waals surface area contributed by atoms with Gasteiger partial charge in [-0.3, -0.25) is 4.90 Å². The van der Waals surface area contributed by atoms with Crippen LogP contribution in [0.1, 0.15) is 24.5 Å². The molecule has 0 bridgehead atoms. The monoisotopic (exact) mass is 282 g/mol. The standard InChI is InChI=1S/C15H18N6/c1-2-21-14(16-10-17-21)9-20-7-11(8-20)15-18-12-5-3-4-6-13(12)19-15/h3-6,10-11H,2,7-9H2,1H3,(H,18,19). The number of hydrogen-bond acceptors (Lipinski definition) is 4. The summed E-state index contributed by atoms with van der Waals surface area (Å²) < 4.78 is 1.95. The highest BCUT2D eigenvalue weighted by atomic mass is 15.4. The molecule has 108 valence electrons. The predicted octanol–water partition coefficient (Wildman–Crippen LogP) is 1.77. The van der Waals surface area contributed by atoms with Crippen LogP contribution in [0.3, 0.4) is 0 Å². The van der Waals surface area contributed by atoms with Crippen molar-refractivity contribution in [1.29, 1.82) is 0 Å². The lowest BCUT2D eigenvalue weighted by atomic mass is 9.99. The van der Waals surface area contributed by atoms with Gasteiger partial charge in [-0.2, -0.15) is 5.10 Å². The van der Waals surface area contributed by atoms with Crippen molar-refractivity contribution in [3.05, 3.63) is 42.2 Å². The molecule has 1 N–H and O–H groups in total. The highest BCUT2D eigenvalue weighted by Crippen LogP contribution is 2.27. The lowest BCUT2D eigenvalue weighted by Gasteiger charge is -2.37. The van der Waals surface area contributed by atoms with E-state index in [1.165, 1.54) is 0 Å². The van der Waals surface area contributed by atoms with E-state index >= 15 is 0 Å². The highest BCUT2D eigenvalue weighted by Gasteiger charge is 2.31. The van der Waals surface area contributed by atoms with Crippen molar-refractivity contribution < 1.29 is 0 Å². The number of aromatic amines is 1. The van der Waals surface area contributed by atoms with Crippen LogP contribution in [0, 0.1) is 0 Å². The summed E-state index contributed by atoms with van der Waals surface area (Å²) in [6.07, 6.45) is 1.63. The number of aryl methyl sites for hydroxylation is 1. The number of hydrogen-bond donors (Lipinski definition) is 1. The molecule has 0 amide bonds. The second-order valence-corrected chi connectivity index (χ2v) is 5.52. The largest absolute Gasteiger partial charge is 0.342 e. The minimum atomic E-state index is 0.496. The summed E-state index contributed by atoms with van der Waals surface area (Å²) in [7, 11) is 0. The van der Waals surface area contributed by atoms with E-state index in [-0.39, 0.29) is 0 Å². The molecular formula is C15H18N6. The van der Waals surface area contributed by atoms with Gasteiger partial charge in [-0.15, -0.1) is 0 Å². The van der Waals surface area contributed by atoms with E-state index < -0.39 is 0 Å². The quantitative estimate of drug-likeness (QED) is 0.792. The van der Waals surface area contributed by atoms with Gasteiger partial charge in [0.15, 0.2) is 0 Å².